The number of carbonyl (C=O) groups is 2. The number of ether oxygens (including phenoxy) is 1. The number of hydrogen-bond donors (Lipinski definition) is 1. The van der Waals surface area contributed by atoms with Crippen LogP contribution in [0.3, 0.4) is 0 Å². The summed E-state index contributed by atoms with van der Waals surface area (Å²) < 4.78 is 5.37. The van der Waals surface area contributed by atoms with Crippen molar-refractivity contribution in [3.63, 3.8) is 0 Å². The first kappa shape index (κ1) is 17.3. The zero-order valence-corrected chi connectivity index (χ0v) is 13.6. The van der Waals surface area contributed by atoms with Crippen LogP contribution in [0.25, 0.3) is 0 Å². The van der Waals surface area contributed by atoms with Gasteiger partial charge in [-0.3, -0.25) is 4.79 Å². The number of carbonyl (C=O) groups excluding carboxylic acids is 2. The second kappa shape index (κ2) is 8.53. The van der Waals surface area contributed by atoms with Crippen molar-refractivity contribution in [2.45, 2.75) is 20.0 Å². The third kappa shape index (κ3) is 4.96. The third-order valence-corrected chi connectivity index (χ3v) is 4.14. The van der Waals surface area contributed by atoms with Crippen LogP contribution in [0.2, 0.25) is 0 Å². The Balaban J connectivity index is 1.80. The van der Waals surface area contributed by atoms with E-state index in [0.29, 0.717) is 19.6 Å². The minimum atomic E-state index is -0.306. The van der Waals surface area contributed by atoms with Crippen LogP contribution in [0, 0.1) is 5.92 Å². The SMILES string of the molecule is CCN(C[C@H]1CCN(C(=O)CN)C1)C(=O)OCc1ccccc1. The Kier molecular flexibility index (Phi) is 6.40. The highest BCUT2D eigenvalue weighted by atomic mass is 16.6. The number of benzene rings is 1. The van der Waals surface area contributed by atoms with Crippen molar-refractivity contribution in [2.24, 2.45) is 11.7 Å². The summed E-state index contributed by atoms with van der Waals surface area (Å²) >= 11 is 0. The lowest BCUT2D eigenvalue weighted by Gasteiger charge is -2.24. The molecule has 0 spiro atoms. The van der Waals surface area contributed by atoms with Gasteiger partial charge in [-0.1, -0.05) is 30.3 Å². The Morgan fingerprint density at radius 2 is 2.09 bits per heavy atom. The summed E-state index contributed by atoms with van der Waals surface area (Å²) in [6, 6.07) is 9.62. The molecule has 1 aliphatic rings. The van der Waals surface area contributed by atoms with Gasteiger partial charge in [-0.2, -0.15) is 0 Å². The van der Waals surface area contributed by atoms with Crippen LogP contribution in [0.4, 0.5) is 4.79 Å². The third-order valence-electron chi connectivity index (χ3n) is 4.14. The van der Waals surface area contributed by atoms with Gasteiger partial charge in [0.05, 0.1) is 6.54 Å². The van der Waals surface area contributed by atoms with Gasteiger partial charge in [0, 0.05) is 26.2 Å². The molecule has 2 rings (SSSR count). The van der Waals surface area contributed by atoms with Crippen LogP contribution < -0.4 is 5.73 Å². The average molecular weight is 319 g/mol. The molecule has 23 heavy (non-hydrogen) atoms. The monoisotopic (exact) mass is 319 g/mol. The molecule has 0 unspecified atom stereocenters. The van der Waals surface area contributed by atoms with Crippen LogP contribution in [0.15, 0.2) is 30.3 Å². The largest absolute Gasteiger partial charge is 0.445 e. The molecule has 1 saturated heterocycles. The summed E-state index contributed by atoms with van der Waals surface area (Å²) in [6.45, 7) is 4.84. The van der Waals surface area contributed by atoms with E-state index in [1.165, 1.54) is 0 Å². The van der Waals surface area contributed by atoms with E-state index in [1.54, 1.807) is 9.80 Å². The number of hydrogen-bond acceptors (Lipinski definition) is 4. The lowest BCUT2D eigenvalue weighted by atomic mass is 10.1. The van der Waals surface area contributed by atoms with E-state index in [9.17, 15) is 9.59 Å². The maximum atomic E-state index is 12.2. The minimum absolute atomic E-state index is 0.0257. The second-order valence-corrected chi connectivity index (χ2v) is 5.78. The molecule has 1 heterocycles. The van der Waals surface area contributed by atoms with E-state index in [4.69, 9.17) is 10.5 Å². The molecule has 6 nitrogen and oxygen atoms in total. The highest BCUT2D eigenvalue weighted by Crippen LogP contribution is 2.18. The fraction of sp³-hybridized carbons (Fsp3) is 0.529. The molecule has 2 amide bonds. The van der Waals surface area contributed by atoms with Gasteiger partial charge in [-0.05, 0) is 24.8 Å². The lowest BCUT2D eigenvalue weighted by molar-refractivity contribution is -0.128. The van der Waals surface area contributed by atoms with Crippen molar-refractivity contribution in [2.75, 3.05) is 32.7 Å². The molecule has 1 atom stereocenters. The molecule has 0 aromatic heterocycles. The molecule has 0 aliphatic carbocycles. The van der Waals surface area contributed by atoms with Gasteiger partial charge in [-0.25, -0.2) is 4.79 Å². The number of rotatable bonds is 6. The van der Waals surface area contributed by atoms with Crippen molar-refractivity contribution in [3.05, 3.63) is 35.9 Å². The molecule has 1 aromatic rings. The van der Waals surface area contributed by atoms with Crippen LogP contribution in [0.5, 0.6) is 0 Å². The van der Waals surface area contributed by atoms with Gasteiger partial charge in [0.2, 0.25) is 5.91 Å². The molecule has 126 valence electrons. The van der Waals surface area contributed by atoms with Gasteiger partial charge < -0.3 is 20.3 Å². The average Bonchev–Trinajstić information content (AvgIpc) is 3.06. The highest BCUT2D eigenvalue weighted by Gasteiger charge is 2.28. The summed E-state index contributed by atoms with van der Waals surface area (Å²) in [4.78, 5) is 27.3. The summed E-state index contributed by atoms with van der Waals surface area (Å²) in [5.74, 6) is 0.261. The fourth-order valence-corrected chi connectivity index (χ4v) is 2.79. The Hall–Kier alpha value is -2.08. The standard InChI is InChI=1S/C17H25N3O3/c1-2-19(11-15-8-9-20(12-15)16(21)10-18)17(22)23-13-14-6-4-3-5-7-14/h3-7,15H,2,8-13,18H2,1H3/t15-/m1/s1. The first-order valence-corrected chi connectivity index (χ1v) is 8.07. The predicted octanol–water partition coefficient (Wildman–Crippen LogP) is 1.45. The second-order valence-electron chi connectivity index (χ2n) is 5.78. The van der Waals surface area contributed by atoms with Gasteiger partial charge in [0.1, 0.15) is 6.61 Å². The normalized spacial score (nSPS) is 17.1. The van der Waals surface area contributed by atoms with Crippen molar-refractivity contribution in [1.82, 2.24) is 9.80 Å². The van der Waals surface area contributed by atoms with Crippen molar-refractivity contribution in [3.8, 4) is 0 Å². The van der Waals surface area contributed by atoms with Crippen LogP contribution in [-0.2, 0) is 16.1 Å². The van der Waals surface area contributed by atoms with E-state index in [0.717, 1.165) is 18.5 Å². The van der Waals surface area contributed by atoms with Crippen molar-refractivity contribution < 1.29 is 14.3 Å². The Bertz CT molecular complexity index is 521. The summed E-state index contributed by atoms with van der Waals surface area (Å²) in [6.07, 6.45) is 0.591. The molecule has 1 fully saturated rings. The summed E-state index contributed by atoms with van der Waals surface area (Å²) in [5, 5.41) is 0. The zero-order chi connectivity index (χ0) is 16.7. The van der Waals surface area contributed by atoms with Crippen molar-refractivity contribution >= 4 is 12.0 Å². The first-order chi connectivity index (χ1) is 11.1. The minimum Gasteiger partial charge on any atom is -0.445 e. The van der Waals surface area contributed by atoms with Gasteiger partial charge in [0.15, 0.2) is 0 Å². The highest BCUT2D eigenvalue weighted by molar-refractivity contribution is 5.78. The van der Waals surface area contributed by atoms with E-state index in [-0.39, 0.29) is 31.1 Å². The smallest absolute Gasteiger partial charge is 0.410 e. The quantitative estimate of drug-likeness (QED) is 0.861. The van der Waals surface area contributed by atoms with Crippen LogP contribution >= 0.6 is 0 Å². The number of nitrogens with two attached hydrogens (primary N) is 1. The van der Waals surface area contributed by atoms with Gasteiger partial charge in [-0.15, -0.1) is 0 Å². The molecule has 0 saturated carbocycles. The molecule has 6 heteroatoms. The Morgan fingerprint density at radius 1 is 1.35 bits per heavy atom. The molecule has 1 aliphatic heterocycles. The topological polar surface area (TPSA) is 75.9 Å². The molecular formula is C17H25N3O3. The van der Waals surface area contributed by atoms with Gasteiger partial charge >= 0.3 is 6.09 Å². The molecule has 1 aromatic carbocycles. The molecule has 2 N–H and O–H groups in total. The van der Waals surface area contributed by atoms with E-state index >= 15 is 0 Å². The van der Waals surface area contributed by atoms with Gasteiger partial charge in [0.25, 0.3) is 0 Å². The molecule has 0 bridgehead atoms. The van der Waals surface area contributed by atoms with E-state index in [2.05, 4.69) is 0 Å². The molecular weight excluding hydrogens is 294 g/mol. The number of likely N-dealkylation sites (tertiary alicyclic amines) is 1. The van der Waals surface area contributed by atoms with E-state index < -0.39 is 0 Å². The fourth-order valence-electron chi connectivity index (χ4n) is 2.79. The predicted molar refractivity (Wildman–Crippen MR) is 87.6 cm³/mol. The summed E-state index contributed by atoms with van der Waals surface area (Å²) in [5.41, 5.74) is 6.36. The number of nitrogens with zero attached hydrogens (tertiary/aromatic N) is 2. The van der Waals surface area contributed by atoms with Crippen LogP contribution in [-0.4, -0.2) is 54.5 Å². The summed E-state index contributed by atoms with van der Waals surface area (Å²) in [7, 11) is 0. The Labute approximate surface area is 137 Å². The maximum absolute atomic E-state index is 12.2. The van der Waals surface area contributed by atoms with Crippen LogP contribution in [0.1, 0.15) is 18.9 Å². The molecule has 0 radical (unpaired) electrons. The lowest BCUT2D eigenvalue weighted by Crippen LogP contribution is -2.38. The van der Waals surface area contributed by atoms with E-state index in [1.807, 2.05) is 37.3 Å². The Morgan fingerprint density at radius 3 is 2.74 bits per heavy atom. The maximum Gasteiger partial charge on any atom is 0.410 e. The van der Waals surface area contributed by atoms with Crippen molar-refractivity contribution in [1.29, 1.82) is 0 Å². The zero-order valence-electron chi connectivity index (χ0n) is 13.6. The first-order valence-electron chi connectivity index (χ1n) is 8.07. The number of amides is 2.